The second-order valence-electron chi connectivity index (χ2n) is 11.5. The first kappa shape index (κ1) is 29.8. The van der Waals surface area contributed by atoms with E-state index in [9.17, 15) is 19.5 Å². The molecule has 1 aliphatic carbocycles. The standard InChI is InChI=1S/C33H38N2O6/c1-21(40-19-22-12-6-5-7-13-22)30(31(38)34-28(18-29(36)37)33(2,3)4)35-32(39)41-20-27-25-16-10-8-14-23(25)24-15-9-11-17-26(24)27/h5-17,21,27-28,30H,18-20H2,1-4H3,(H,34,38)(H,35,39)(H,36,37). The number of carboxylic acids is 1. The smallest absolute Gasteiger partial charge is 0.407 e. The number of hydrogen-bond acceptors (Lipinski definition) is 5. The molecule has 0 fully saturated rings. The second kappa shape index (κ2) is 13.0. The average Bonchev–Trinajstić information content (AvgIpc) is 3.26. The molecule has 8 nitrogen and oxygen atoms in total. The van der Waals surface area contributed by atoms with Crippen molar-refractivity contribution in [2.45, 2.75) is 64.8 Å². The van der Waals surface area contributed by atoms with Gasteiger partial charge in [-0.05, 0) is 40.2 Å². The number of carboxylic acid groups (broad SMARTS) is 1. The van der Waals surface area contributed by atoms with E-state index in [4.69, 9.17) is 9.47 Å². The molecule has 216 valence electrons. The van der Waals surface area contributed by atoms with E-state index in [0.717, 1.165) is 27.8 Å². The Labute approximate surface area is 241 Å². The van der Waals surface area contributed by atoms with E-state index in [2.05, 4.69) is 22.8 Å². The molecule has 8 heteroatoms. The molecule has 0 bridgehead atoms. The molecule has 1 aliphatic rings. The first-order valence-corrected chi connectivity index (χ1v) is 13.8. The summed E-state index contributed by atoms with van der Waals surface area (Å²) in [6.45, 7) is 7.58. The number of nitrogens with one attached hydrogen (secondary N) is 2. The highest BCUT2D eigenvalue weighted by atomic mass is 16.5. The number of fused-ring (bicyclic) bond motifs is 3. The van der Waals surface area contributed by atoms with Crippen LogP contribution in [0.3, 0.4) is 0 Å². The molecule has 0 spiro atoms. The van der Waals surface area contributed by atoms with Crippen LogP contribution in [0.5, 0.6) is 0 Å². The maximum Gasteiger partial charge on any atom is 0.407 e. The Hall–Kier alpha value is -4.17. The van der Waals surface area contributed by atoms with Gasteiger partial charge < -0.3 is 25.2 Å². The van der Waals surface area contributed by atoms with Crippen LogP contribution in [0.4, 0.5) is 4.79 Å². The Balaban J connectivity index is 1.48. The van der Waals surface area contributed by atoms with Gasteiger partial charge in [0.15, 0.2) is 0 Å². The van der Waals surface area contributed by atoms with E-state index in [0.29, 0.717) is 0 Å². The summed E-state index contributed by atoms with van der Waals surface area (Å²) in [5, 5.41) is 14.9. The number of benzene rings is 3. The molecule has 0 aliphatic heterocycles. The molecule has 2 amide bonds. The van der Waals surface area contributed by atoms with Gasteiger partial charge in [-0.15, -0.1) is 0 Å². The minimum absolute atomic E-state index is 0.0943. The number of carbonyl (C=O) groups is 3. The average molecular weight is 559 g/mol. The second-order valence-corrected chi connectivity index (χ2v) is 11.5. The van der Waals surface area contributed by atoms with Gasteiger partial charge in [0.05, 0.1) is 19.1 Å². The lowest BCUT2D eigenvalue weighted by atomic mass is 9.84. The number of hydrogen-bond donors (Lipinski definition) is 3. The van der Waals surface area contributed by atoms with E-state index >= 15 is 0 Å². The molecule has 3 aromatic carbocycles. The van der Waals surface area contributed by atoms with Crippen LogP contribution < -0.4 is 10.6 Å². The Morgan fingerprint density at radius 1 is 0.854 bits per heavy atom. The van der Waals surface area contributed by atoms with E-state index in [1.807, 2.05) is 87.5 Å². The minimum atomic E-state index is -1.12. The Morgan fingerprint density at radius 2 is 1.41 bits per heavy atom. The molecule has 3 atom stereocenters. The SMILES string of the molecule is CC(OCc1ccccc1)C(NC(=O)OCC1c2ccccc2-c2ccccc21)C(=O)NC(CC(=O)O)C(C)(C)C. The van der Waals surface area contributed by atoms with Crippen LogP contribution in [0, 0.1) is 5.41 Å². The van der Waals surface area contributed by atoms with Gasteiger partial charge in [0.25, 0.3) is 0 Å². The quantitative estimate of drug-likeness (QED) is 0.286. The summed E-state index contributed by atoms with van der Waals surface area (Å²) in [5.41, 5.74) is 4.77. The normalized spacial score (nSPS) is 14.7. The molecule has 3 N–H and O–H groups in total. The Kier molecular flexibility index (Phi) is 9.45. The molecule has 3 unspecified atom stereocenters. The highest BCUT2D eigenvalue weighted by Crippen LogP contribution is 2.44. The predicted molar refractivity (Wildman–Crippen MR) is 156 cm³/mol. The third kappa shape index (κ3) is 7.52. The van der Waals surface area contributed by atoms with Crippen LogP contribution in [0.1, 0.15) is 56.7 Å². The number of alkyl carbamates (subject to hydrolysis) is 1. The molecular formula is C33H38N2O6. The first-order valence-electron chi connectivity index (χ1n) is 13.8. The fraction of sp³-hybridized carbons (Fsp3) is 0.364. The van der Waals surface area contributed by atoms with Crippen molar-refractivity contribution in [1.29, 1.82) is 0 Å². The van der Waals surface area contributed by atoms with Gasteiger partial charge in [-0.25, -0.2) is 4.79 Å². The van der Waals surface area contributed by atoms with Crippen LogP contribution >= 0.6 is 0 Å². The third-order valence-corrected chi connectivity index (χ3v) is 7.47. The van der Waals surface area contributed by atoms with Crippen LogP contribution in [0.25, 0.3) is 11.1 Å². The molecule has 4 rings (SSSR count). The zero-order chi connectivity index (χ0) is 29.6. The van der Waals surface area contributed by atoms with E-state index in [1.54, 1.807) is 6.92 Å². The topological polar surface area (TPSA) is 114 Å². The first-order chi connectivity index (χ1) is 19.5. The maximum atomic E-state index is 13.5. The van der Waals surface area contributed by atoms with Crippen molar-refractivity contribution in [3.05, 3.63) is 95.6 Å². The largest absolute Gasteiger partial charge is 0.481 e. The van der Waals surface area contributed by atoms with Gasteiger partial charge in [-0.1, -0.05) is 99.6 Å². The van der Waals surface area contributed by atoms with Gasteiger partial charge in [0.2, 0.25) is 5.91 Å². The van der Waals surface area contributed by atoms with Crippen LogP contribution in [-0.4, -0.2) is 47.9 Å². The summed E-state index contributed by atoms with van der Waals surface area (Å²) >= 11 is 0. The van der Waals surface area contributed by atoms with Crippen LogP contribution in [0.2, 0.25) is 0 Å². The summed E-state index contributed by atoms with van der Waals surface area (Å²) in [7, 11) is 0. The number of aliphatic carboxylic acids is 1. The molecule has 3 aromatic rings. The molecule has 0 saturated carbocycles. The number of carbonyl (C=O) groups excluding carboxylic acids is 2. The van der Waals surface area contributed by atoms with E-state index in [-0.39, 0.29) is 25.6 Å². The zero-order valence-electron chi connectivity index (χ0n) is 23.9. The predicted octanol–water partition coefficient (Wildman–Crippen LogP) is 5.50. The molecule has 0 radical (unpaired) electrons. The van der Waals surface area contributed by atoms with Gasteiger partial charge in [-0.2, -0.15) is 0 Å². The van der Waals surface area contributed by atoms with Gasteiger partial charge in [-0.3, -0.25) is 9.59 Å². The van der Waals surface area contributed by atoms with Gasteiger partial charge in [0.1, 0.15) is 12.6 Å². The molecular weight excluding hydrogens is 520 g/mol. The lowest BCUT2D eigenvalue weighted by Crippen LogP contribution is -2.57. The fourth-order valence-corrected chi connectivity index (χ4v) is 5.07. The fourth-order valence-electron chi connectivity index (χ4n) is 5.07. The van der Waals surface area contributed by atoms with Gasteiger partial charge in [0, 0.05) is 12.0 Å². The van der Waals surface area contributed by atoms with Crippen molar-refractivity contribution in [1.82, 2.24) is 10.6 Å². The van der Waals surface area contributed by atoms with Crippen molar-refractivity contribution >= 4 is 18.0 Å². The van der Waals surface area contributed by atoms with Crippen molar-refractivity contribution in [2.75, 3.05) is 6.61 Å². The highest BCUT2D eigenvalue weighted by Gasteiger charge is 2.35. The Bertz CT molecular complexity index is 1320. The van der Waals surface area contributed by atoms with Crippen molar-refractivity contribution in [2.24, 2.45) is 5.41 Å². The van der Waals surface area contributed by atoms with Crippen molar-refractivity contribution < 1.29 is 29.0 Å². The number of amides is 2. The summed E-state index contributed by atoms with van der Waals surface area (Å²) < 4.78 is 11.7. The summed E-state index contributed by atoms with van der Waals surface area (Å²) in [5.74, 6) is -1.70. The molecule has 0 heterocycles. The maximum absolute atomic E-state index is 13.5. The van der Waals surface area contributed by atoms with Gasteiger partial charge >= 0.3 is 12.1 Å². The summed E-state index contributed by atoms with van der Waals surface area (Å²) in [6.07, 6.45) is -1.75. The number of ether oxygens (including phenoxy) is 2. The van der Waals surface area contributed by atoms with Crippen molar-refractivity contribution in [3.63, 3.8) is 0 Å². The minimum Gasteiger partial charge on any atom is -0.481 e. The highest BCUT2D eigenvalue weighted by molar-refractivity contribution is 5.87. The van der Waals surface area contributed by atoms with E-state index in [1.165, 1.54) is 0 Å². The number of rotatable bonds is 11. The van der Waals surface area contributed by atoms with Crippen LogP contribution in [-0.2, 0) is 25.7 Å². The summed E-state index contributed by atoms with van der Waals surface area (Å²) in [6, 6.07) is 23.8. The van der Waals surface area contributed by atoms with Crippen LogP contribution in [0.15, 0.2) is 78.9 Å². The monoisotopic (exact) mass is 558 g/mol. The summed E-state index contributed by atoms with van der Waals surface area (Å²) in [4.78, 5) is 38.1. The molecule has 41 heavy (non-hydrogen) atoms. The van der Waals surface area contributed by atoms with Crippen molar-refractivity contribution in [3.8, 4) is 11.1 Å². The third-order valence-electron chi connectivity index (χ3n) is 7.47. The lowest BCUT2D eigenvalue weighted by molar-refractivity contribution is -0.139. The molecule has 0 saturated heterocycles. The van der Waals surface area contributed by atoms with E-state index < -0.39 is 41.6 Å². The lowest BCUT2D eigenvalue weighted by Gasteiger charge is -2.33. The Morgan fingerprint density at radius 3 is 1.98 bits per heavy atom. The zero-order valence-corrected chi connectivity index (χ0v) is 23.9. The molecule has 0 aromatic heterocycles.